The minimum Gasteiger partial charge on any atom is -0.149 e. The van der Waals surface area contributed by atoms with E-state index in [-0.39, 0.29) is 0 Å². The molecule has 0 aliphatic carbocycles. The van der Waals surface area contributed by atoms with Gasteiger partial charge in [0.25, 0.3) is 0 Å². The number of halogens is 1. The van der Waals surface area contributed by atoms with E-state index in [1.807, 2.05) is 0 Å². The molecule has 260 valence electrons. The highest BCUT2D eigenvalue weighted by molar-refractivity contribution is 7.40. The molecule has 0 amide bonds. The fraction of sp³-hybridized carbons (Fsp3) is 0.538. The molecule has 47 heavy (non-hydrogen) atoms. The van der Waals surface area contributed by atoms with Crippen molar-refractivity contribution in [1.82, 2.24) is 0 Å². The van der Waals surface area contributed by atoms with Gasteiger partial charge in [0.05, 0.1) is 48.4 Å². The Hall–Kier alpha value is -0.532. The van der Waals surface area contributed by atoms with E-state index < -0.39 is 55.8 Å². The Kier molecular flexibility index (Phi) is 11.2. The van der Waals surface area contributed by atoms with Crippen molar-refractivity contribution in [1.29, 1.82) is 0 Å². The fourth-order valence-corrected chi connectivity index (χ4v) is 30.7. The van der Waals surface area contributed by atoms with Gasteiger partial charge in [-0.2, -0.15) is 0 Å². The molecule has 0 fully saturated rings. The quantitative estimate of drug-likeness (QED) is 0.124. The molecule has 0 N–H and O–H groups in total. The van der Waals surface area contributed by atoms with Crippen molar-refractivity contribution in [3.05, 3.63) is 53.1 Å². The van der Waals surface area contributed by atoms with Gasteiger partial charge >= 0.3 is 0 Å². The van der Waals surface area contributed by atoms with Crippen molar-refractivity contribution in [3.63, 3.8) is 0 Å². The first-order chi connectivity index (χ1) is 20.7. The summed E-state index contributed by atoms with van der Waals surface area (Å²) in [7, 11) is -12.8. The first-order valence-electron chi connectivity index (χ1n) is 17.9. The van der Waals surface area contributed by atoms with Gasteiger partial charge in [-0.15, -0.1) is 11.1 Å². The van der Waals surface area contributed by atoms with Crippen LogP contribution in [0.5, 0.6) is 0 Å². The molecule has 0 saturated heterocycles. The van der Waals surface area contributed by atoms with E-state index in [9.17, 15) is 0 Å². The minimum atomic E-state index is -2.96. The van der Waals surface area contributed by atoms with Crippen molar-refractivity contribution >= 4 is 114 Å². The van der Waals surface area contributed by atoms with E-state index in [0.29, 0.717) is 0 Å². The average molecular weight is 770 g/mol. The van der Waals surface area contributed by atoms with Crippen LogP contribution in [0, 0.1) is 20.8 Å². The van der Waals surface area contributed by atoms with Gasteiger partial charge in [-0.3, -0.25) is 0 Å². The summed E-state index contributed by atoms with van der Waals surface area (Å²) in [5.41, 5.74) is 4.41. The lowest BCUT2D eigenvalue weighted by molar-refractivity contribution is 1.49. The molecule has 0 aliphatic rings. The number of hydrogen-bond acceptors (Lipinski definition) is 0. The topological polar surface area (TPSA) is 0 Å². The van der Waals surface area contributed by atoms with Crippen LogP contribution in [0.15, 0.2) is 36.4 Å². The Morgan fingerprint density at radius 1 is 0.319 bits per heavy atom. The minimum absolute atomic E-state index is 1.40. The van der Waals surface area contributed by atoms with E-state index in [2.05, 4.69) is 175 Å². The van der Waals surface area contributed by atoms with Gasteiger partial charge < -0.3 is 0 Å². The number of benzene rings is 3. The van der Waals surface area contributed by atoms with Crippen molar-refractivity contribution in [2.75, 3.05) is 0 Å². The Morgan fingerprint density at radius 2 is 0.511 bits per heavy atom. The Morgan fingerprint density at radius 3 is 0.660 bits per heavy atom. The SMILES string of the molecule is Cc1cc([Si](Cl)(c2cc(C)c([Si](C)(C)C)c([Si](C)(C)C)c2)c2cc(C)c([Si](C)(C)C)c([Si](C)(C)C)c2)cc([Si](C)(C)C)c1[Si](C)(C)C. The summed E-state index contributed by atoms with van der Waals surface area (Å²) in [4.78, 5) is 0. The molecule has 0 bridgehead atoms. The summed E-state index contributed by atoms with van der Waals surface area (Å²) in [6, 6.07) is 15.6. The van der Waals surface area contributed by atoms with Crippen LogP contribution < -0.4 is 46.7 Å². The van der Waals surface area contributed by atoms with Crippen LogP contribution in [0.4, 0.5) is 0 Å². The van der Waals surface area contributed by atoms with Crippen LogP contribution >= 0.6 is 11.1 Å². The molecule has 0 nitrogen and oxygen atoms in total. The van der Waals surface area contributed by atoms with Crippen LogP contribution in [0.25, 0.3) is 0 Å². The highest BCUT2D eigenvalue weighted by atomic mass is 35.6. The van der Waals surface area contributed by atoms with Crippen LogP contribution in [0.1, 0.15) is 16.7 Å². The lowest BCUT2D eigenvalue weighted by Crippen LogP contribution is -2.70. The van der Waals surface area contributed by atoms with Gasteiger partial charge in [-0.1, -0.05) is 202 Å². The standard InChI is InChI=1S/C39H69ClSi7/c1-28-22-31(25-34(41(4,5)6)37(28)44(13,14)15)47(40,32-23-29(2)38(45(16,17)18)35(26-32)42(7,8)9)33-24-30(3)39(46(19,20)21)36(27-33)43(10,11)12/h22-27H,1-21H3. The zero-order valence-corrected chi connectivity index (χ0v) is 42.1. The monoisotopic (exact) mass is 768 g/mol. The predicted molar refractivity (Wildman–Crippen MR) is 242 cm³/mol. The molecular formula is C39H69ClSi7. The Bertz CT molecular complexity index is 1470. The van der Waals surface area contributed by atoms with Crippen LogP contribution in [-0.4, -0.2) is 55.8 Å². The van der Waals surface area contributed by atoms with E-state index in [1.54, 1.807) is 31.1 Å². The molecule has 0 atom stereocenters. The normalized spacial score (nSPS) is 14.2. The molecule has 8 heteroatoms. The van der Waals surface area contributed by atoms with Gasteiger partial charge in [0.2, 0.25) is 7.38 Å². The second kappa shape index (κ2) is 12.9. The zero-order chi connectivity index (χ0) is 36.7. The molecule has 3 aromatic rings. The third-order valence-corrected chi connectivity index (χ3v) is 28.4. The Balaban J connectivity index is 2.72. The van der Waals surface area contributed by atoms with Gasteiger partial charge in [-0.05, 0) is 36.3 Å². The summed E-state index contributed by atoms with van der Waals surface area (Å²) in [5, 5.41) is 14.2. The fourth-order valence-electron chi connectivity index (χ4n) is 8.22. The maximum absolute atomic E-state index is 8.72. The molecule has 0 radical (unpaired) electrons. The van der Waals surface area contributed by atoms with E-state index in [4.69, 9.17) is 11.1 Å². The third kappa shape index (κ3) is 8.34. The van der Waals surface area contributed by atoms with Crippen molar-refractivity contribution < 1.29 is 0 Å². The number of aryl methyl sites for hydroxylation is 3. The number of hydrogen-bond donors (Lipinski definition) is 0. The third-order valence-electron chi connectivity index (χ3n) is 9.87. The molecular weight excluding hydrogens is 700 g/mol. The molecule has 0 aliphatic heterocycles. The molecule has 0 unspecified atom stereocenters. The largest absolute Gasteiger partial charge is 0.247 e. The molecule has 0 heterocycles. The van der Waals surface area contributed by atoms with Gasteiger partial charge in [0, 0.05) is 0 Å². The van der Waals surface area contributed by atoms with Crippen LogP contribution in [-0.2, 0) is 0 Å². The second-order valence-electron chi connectivity index (χ2n) is 20.8. The van der Waals surface area contributed by atoms with E-state index in [1.165, 1.54) is 32.3 Å². The lowest BCUT2D eigenvalue weighted by Gasteiger charge is -2.37. The molecule has 0 spiro atoms. The molecule has 3 rings (SSSR count). The summed E-state index contributed by atoms with van der Waals surface area (Å²) in [6.45, 7) is 52.8. The van der Waals surface area contributed by atoms with E-state index in [0.717, 1.165) is 0 Å². The maximum atomic E-state index is 8.72. The summed E-state index contributed by atoms with van der Waals surface area (Å²) in [6.07, 6.45) is 0. The van der Waals surface area contributed by atoms with Crippen LogP contribution in [0.3, 0.4) is 0 Å². The second-order valence-corrected chi connectivity index (χ2v) is 55.7. The maximum Gasteiger partial charge on any atom is 0.247 e. The smallest absolute Gasteiger partial charge is 0.149 e. The first kappa shape index (κ1) is 40.9. The highest BCUT2D eigenvalue weighted by Crippen LogP contribution is 2.20. The highest BCUT2D eigenvalue weighted by Gasteiger charge is 2.44. The zero-order valence-electron chi connectivity index (χ0n) is 34.3. The van der Waals surface area contributed by atoms with Gasteiger partial charge in [-0.25, -0.2) is 0 Å². The Labute approximate surface area is 303 Å². The lowest BCUT2D eigenvalue weighted by atomic mass is 10.2. The summed E-state index contributed by atoms with van der Waals surface area (Å²) < 4.78 is 0. The van der Waals surface area contributed by atoms with Gasteiger partial charge in [0.1, 0.15) is 0 Å². The predicted octanol–water partition coefficient (Wildman–Crippen LogP) is 7.09. The van der Waals surface area contributed by atoms with Crippen molar-refractivity contribution in [2.45, 2.75) is 139 Å². The average Bonchev–Trinajstić information content (AvgIpc) is 2.82. The summed E-state index contributed by atoms with van der Waals surface area (Å²) in [5.74, 6) is 0. The van der Waals surface area contributed by atoms with Gasteiger partial charge in [0.15, 0.2) is 0 Å². The molecule has 3 aromatic carbocycles. The number of rotatable bonds is 9. The van der Waals surface area contributed by atoms with Crippen LogP contribution in [0.2, 0.25) is 118 Å². The van der Waals surface area contributed by atoms with E-state index >= 15 is 0 Å². The summed E-state index contributed by atoms with van der Waals surface area (Å²) >= 11 is 8.72. The van der Waals surface area contributed by atoms with Crippen molar-refractivity contribution in [2.24, 2.45) is 0 Å². The van der Waals surface area contributed by atoms with Crippen molar-refractivity contribution in [3.8, 4) is 0 Å². The molecule has 0 aromatic heterocycles. The first-order valence-corrected chi connectivity index (χ1v) is 41.9. The molecule has 0 saturated carbocycles.